The van der Waals surface area contributed by atoms with Gasteiger partial charge in [0.1, 0.15) is 24.5 Å². The largest absolute Gasteiger partial charge is 1.00 e. The average molecular weight is 657 g/mol. The molecule has 1 amide bonds. The number of pyridine rings is 1. The lowest BCUT2D eigenvalue weighted by Gasteiger charge is -2.15. The van der Waals surface area contributed by atoms with Crippen molar-refractivity contribution in [3.63, 3.8) is 0 Å². The Bertz CT molecular complexity index is 1700. The molecule has 194 valence electrons. The van der Waals surface area contributed by atoms with Crippen molar-refractivity contribution >= 4 is 44.1 Å². The van der Waals surface area contributed by atoms with Gasteiger partial charge in [-0.15, -0.1) is 3.97 Å². The smallest absolute Gasteiger partial charge is 0.346 e. The maximum Gasteiger partial charge on any atom is 0.346 e. The number of benzene rings is 2. The van der Waals surface area contributed by atoms with Gasteiger partial charge in [-0.05, 0) is 55.5 Å². The Labute approximate surface area is 234 Å². The van der Waals surface area contributed by atoms with E-state index in [9.17, 15) is 22.8 Å². The Morgan fingerprint density at radius 2 is 1.81 bits per heavy atom. The number of hydrogen-bond donors (Lipinski definition) is 1. The van der Waals surface area contributed by atoms with Crippen LogP contribution in [0.4, 0.5) is 5.69 Å². The zero-order valence-electron chi connectivity index (χ0n) is 19.7. The predicted molar refractivity (Wildman–Crippen MR) is 134 cm³/mol. The Balaban J connectivity index is 0.00000380. The number of carbonyl (C=O) groups excluding carboxylic acids is 1. The van der Waals surface area contributed by atoms with Gasteiger partial charge < -0.3 is 34.0 Å². The highest BCUT2D eigenvalue weighted by molar-refractivity contribution is 7.90. The minimum atomic E-state index is -4.61. The third-order valence-corrected chi connectivity index (χ3v) is 7.38. The van der Waals surface area contributed by atoms with Crippen LogP contribution >= 0.6 is 11.6 Å². The first-order chi connectivity index (χ1) is 17.1. The second-order valence-corrected chi connectivity index (χ2v) is 9.97. The van der Waals surface area contributed by atoms with Crippen molar-refractivity contribution in [3.8, 4) is 5.75 Å². The van der Waals surface area contributed by atoms with E-state index < -0.39 is 33.7 Å². The van der Waals surface area contributed by atoms with E-state index in [1.54, 1.807) is 18.3 Å². The normalized spacial score (nSPS) is 11.1. The van der Waals surface area contributed by atoms with E-state index in [1.165, 1.54) is 49.6 Å². The molecule has 0 atom stereocenters. The topological polar surface area (TPSA) is 120 Å². The fourth-order valence-corrected chi connectivity index (χ4v) is 5.15. The number of amides is 1. The Hall–Kier alpha value is -3.23. The monoisotopic (exact) mass is 656 g/mol. The van der Waals surface area contributed by atoms with Crippen LogP contribution in [0.1, 0.15) is 6.92 Å². The fourth-order valence-electron chi connectivity index (χ4n) is 3.67. The molecule has 0 aliphatic heterocycles. The van der Waals surface area contributed by atoms with Crippen molar-refractivity contribution in [3.05, 3.63) is 92.9 Å². The molecule has 0 radical (unpaired) electrons. The molecule has 0 aliphatic rings. The molecule has 0 unspecified atom stereocenters. The summed E-state index contributed by atoms with van der Waals surface area (Å²) in [5.41, 5.74) is -1.73. The van der Waals surface area contributed by atoms with E-state index in [2.05, 4.69) is 5.32 Å². The second kappa shape index (κ2) is 11.4. The number of rotatable bonds is 7. The molecule has 4 rings (SSSR count). The average Bonchev–Trinajstić information content (AvgIpc) is 2.86. The number of nitrogens with one attached hydrogen (secondary N) is 1. The summed E-state index contributed by atoms with van der Waals surface area (Å²) < 4.78 is 34.7. The molecular weight excluding hydrogens is 635 g/mol. The third-order valence-electron chi connectivity index (χ3n) is 5.48. The zero-order chi connectivity index (χ0) is 26.0. The molecule has 37 heavy (non-hydrogen) atoms. The quantitative estimate of drug-likeness (QED) is 0.202. The van der Waals surface area contributed by atoms with Gasteiger partial charge in [-0.3, -0.25) is 14.2 Å². The number of methoxy groups -OCH3 is 1. The number of ether oxygens (including phenoxy) is 1. The van der Waals surface area contributed by atoms with Gasteiger partial charge in [0.15, 0.2) is 12.4 Å². The van der Waals surface area contributed by atoms with Crippen LogP contribution in [-0.2, 0) is 27.9 Å². The van der Waals surface area contributed by atoms with Crippen LogP contribution in [0.2, 0.25) is 5.02 Å². The summed E-state index contributed by atoms with van der Waals surface area (Å²) in [6.07, 6.45) is 3.54. The van der Waals surface area contributed by atoms with E-state index in [0.29, 0.717) is 18.0 Å². The molecule has 0 fully saturated rings. The van der Waals surface area contributed by atoms with Crippen molar-refractivity contribution in [2.75, 3.05) is 12.4 Å². The number of aryl methyl sites for hydroxylation is 1. The van der Waals surface area contributed by atoms with Gasteiger partial charge in [0, 0.05) is 11.1 Å². The van der Waals surface area contributed by atoms with Crippen LogP contribution < -0.4 is 49.8 Å². The van der Waals surface area contributed by atoms with Crippen molar-refractivity contribution in [2.45, 2.75) is 24.9 Å². The summed E-state index contributed by atoms with van der Waals surface area (Å²) in [7, 11) is -3.19. The summed E-state index contributed by atoms with van der Waals surface area (Å²) in [6.45, 7) is 2.06. The minimum Gasteiger partial charge on any atom is -1.00 e. The number of carbonyl (C=O) groups is 1. The van der Waals surface area contributed by atoms with Gasteiger partial charge in [-0.1, -0.05) is 11.6 Å². The van der Waals surface area contributed by atoms with Gasteiger partial charge >= 0.3 is 5.69 Å². The Morgan fingerprint density at radius 1 is 1.11 bits per heavy atom. The fraction of sp³-hybridized carbons (Fsp3) is 0.167. The summed E-state index contributed by atoms with van der Waals surface area (Å²) >= 11 is 6.09. The van der Waals surface area contributed by atoms with Gasteiger partial charge in [0.2, 0.25) is 5.91 Å². The first-order valence-corrected chi connectivity index (χ1v) is 12.6. The summed E-state index contributed by atoms with van der Waals surface area (Å²) in [5, 5.41) is 2.80. The summed E-state index contributed by atoms with van der Waals surface area (Å²) in [5.74, 6) is -0.201. The molecule has 10 nitrogen and oxygen atoms in total. The lowest BCUT2D eigenvalue weighted by atomic mass is 10.2. The molecule has 0 bridgehead atoms. The van der Waals surface area contributed by atoms with Crippen molar-refractivity contribution in [1.82, 2.24) is 8.54 Å². The van der Waals surface area contributed by atoms with E-state index in [0.717, 1.165) is 4.57 Å². The molecule has 2 aromatic carbocycles. The summed E-state index contributed by atoms with van der Waals surface area (Å²) in [4.78, 5) is 39.2. The first-order valence-electron chi connectivity index (χ1n) is 10.8. The van der Waals surface area contributed by atoms with Crippen molar-refractivity contribution in [1.29, 1.82) is 0 Å². The highest BCUT2D eigenvalue weighted by Gasteiger charge is 2.26. The molecule has 1 N–H and O–H groups in total. The zero-order valence-corrected chi connectivity index (χ0v) is 23.5. The standard InChI is InChI=1S/C24H21ClN4O6S.HI/c1-3-27-12-4-5-17(14-27)26-22(30)15-28-21-13-16(25)6-11-20(21)23(31)29(24(28)32)36(33,34)19-9-7-18(35-2)8-10-19;/h4-14H,3,15H2,1-2H3;1H. The Morgan fingerprint density at radius 3 is 2.46 bits per heavy atom. The maximum atomic E-state index is 13.4. The number of hydrogen-bond acceptors (Lipinski definition) is 6. The van der Waals surface area contributed by atoms with Crippen LogP contribution in [0.15, 0.2) is 81.5 Å². The first kappa shape index (κ1) is 28.3. The van der Waals surface area contributed by atoms with Gasteiger partial charge in [0.25, 0.3) is 15.6 Å². The molecule has 2 aromatic heterocycles. The second-order valence-electron chi connectivity index (χ2n) is 7.75. The lowest BCUT2D eigenvalue weighted by Crippen LogP contribution is -3.00. The van der Waals surface area contributed by atoms with Crippen LogP contribution in [-0.4, -0.2) is 30.0 Å². The lowest BCUT2D eigenvalue weighted by molar-refractivity contribution is -0.692. The highest BCUT2D eigenvalue weighted by Crippen LogP contribution is 2.19. The number of nitrogens with zero attached hydrogens (tertiary/aromatic N) is 3. The maximum absolute atomic E-state index is 13.4. The number of anilines is 1. The van der Waals surface area contributed by atoms with Gasteiger partial charge in [0.05, 0.1) is 22.9 Å². The van der Waals surface area contributed by atoms with Crippen molar-refractivity contribution in [2.24, 2.45) is 0 Å². The van der Waals surface area contributed by atoms with Crippen LogP contribution in [0.3, 0.4) is 0 Å². The van der Waals surface area contributed by atoms with E-state index in [1.807, 2.05) is 17.7 Å². The van der Waals surface area contributed by atoms with Crippen LogP contribution in [0.5, 0.6) is 5.75 Å². The molecule has 4 aromatic rings. The molecule has 2 heterocycles. The van der Waals surface area contributed by atoms with E-state index >= 15 is 0 Å². The van der Waals surface area contributed by atoms with Gasteiger partial charge in [-0.25, -0.2) is 17.8 Å². The van der Waals surface area contributed by atoms with E-state index in [-0.39, 0.29) is 48.8 Å². The van der Waals surface area contributed by atoms with Crippen molar-refractivity contribution < 1.29 is 46.5 Å². The summed E-state index contributed by atoms with van der Waals surface area (Å²) in [6, 6.07) is 12.7. The molecule has 0 saturated carbocycles. The molecule has 0 saturated heterocycles. The number of halogens is 2. The molecule has 13 heteroatoms. The molecular formula is C24H22ClIN4O6S. The number of fused-ring (bicyclic) bond motifs is 1. The number of aromatic nitrogens is 3. The molecule has 0 aliphatic carbocycles. The highest BCUT2D eigenvalue weighted by atomic mass is 127. The SMILES string of the molecule is CC[n+]1cccc(NC(=O)Cn2c(=O)n(S(=O)(=O)c3ccc(OC)cc3)c(=O)c3ccc(Cl)cc32)c1.[I-]. The minimum absolute atomic E-state index is 0. The van der Waals surface area contributed by atoms with Crippen LogP contribution in [0, 0.1) is 0 Å². The predicted octanol–water partition coefficient (Wildman–Crippen LogP) is -0.988. The Kier molecular flexibility index (Phi) is 8.76. The van der Waals surface area contributed by atoms with E-state index in [4.69, 9.17) is 16.3 Å². The van der Waals surface area contributed by atoms with Gasteiger partial charge in [-0.2, -0.15) is 0 Å². The third kappa shape index (κ3) is 5.70. The molecule has 0 spiro atoms. The van der Waals surface area contributed by atoms with Crippen LogP contribution in [0.25, 0.3) is 10.9 Å².